The minimum Gasteiger partial charge on any atom is -0.357 e. The molecule has 0 atom stereocenters. The molecule has 0 saturated carbocycles. The normalized spacial score (nSPS) is 11.4. The Balaban J connectivity index is 1.41. The lowest BCUT2D eigenvalue weighted by Gasteiger charge is -2.14. The Kier molecular flexibility index (Phi) is 6.18. The molecule has 3 aromatic heterocycles. The van der Waals surface area contributed by atoms with Gasteiger partial charge in [0.2, 0.25) is 5.95 Å². The summed E-state index contributed by atoms with van der Waals surface area (Å²) in [6.07, 6.45) is 0.533. The Bertz CT molecular complexity index is 1580. The van der Waals surface area contributed by atoms with Gasteiger partial charge in [0.05, 0.1) is 11.1 Å². The minimum atomic E-state index is -4.51. The second-order valence-corrected chi connectivity index (χ2v) is 8.18. The first-order valence-corrected chi connectivity index (χ1v) is 11.1. The lowest BCUT2D eigenvalue weighted by Crippen LogP contribution is -2.13. The highest BCUT2D eigenvalue weighted by atomic mass is 19.4. The molecule has 3 heterocycles. The van der Waals surface area contributed by atoms with Crippen LogP contribution in [-0.4, -0.2) is 25.8 Å². The van der Waals surface area contributed by atoms with Gasteiger partial charge in [0.1, 0.15) is 5.52 Å². The second kappa shape index (κ2) is 9.61. The molecule has 0 aliphatic heterocycles. The number of aryl methyl sites for hydroxylation is 1. The van der Waals surface area contributed by atoms with Crippen molar-refractivity contribution in [1.82, 2.24) is 19.9 Å². The molecule has 0 unspecified atom stereocenters. The number of alkyl halides is 3. The summed E-state index contributed by atoms with van der Waals surface area (Å²) in [5, 5.41) is 8.92. The molecule has 4 N–H and O–H groups in total. The molecule has 0 aliphatic rings. The van der Waals surface area contributed by atoms with Gasteiger partial charge in [-0.3, -0.25) is 9.78 Å². The van der Waals surface area contributed by atoms with Crippen LogP contribution in [0.4, 0.5) is 42.0 Å². The van der Waals surface area contributed by atoms with Crippen molar-refractivity contribution in [3.8, 4) is 0 Å². The van der Waals surface area contributed by atoms with Crippen LogP contribution in [0.25, 0.3) is 11.0 Å². The van der Waals surface area contributed by atoms with Gasteiger partial charge in [0.15, 0.2) is 5.82 Å². The molecular weight excluding hydrogens is 483 g/mol. The quantitative estimate of drug-likeness (QED) is 0.213. The molecule has 0 spiro atoms. The van der Waals surface area contributed by atoms with Crippen molar-refractivity contribution in [2.24, 2.45) is 0 Å². The summed E-state index contributed by atoms with van der Waals surface area (Å²) in [6, 6.07) is 14.8. The maximum Gasteiger partial charge on any atom is 0.416 e. The third kappa shape index (κ3) is 5.35. The van der Waals surface area contributed by atoms with E-state index < -0.39 is 17.6 Å². The van der Waals surface area contributed by atoms with Crippen LogP contribution in [0.1, 0.15) is 21.5 Å². The molecule has 1 amide bonds. The topological polar surface area (TPSA) is 108 Å². The van der Waals surface area contributed by atoms with E-state index >= 15 is 0 Å². The summed E-state index contributed by atoms with van der Waals surface area (Å²) in [7, 11) is 0. The summed E-state index contributed by atoms with van der Waals surface area (Å²) < 4.78 is 39.1. The van der Waals surface area contributed by atoms with Gasteiger partial charge in [-0.1, -0.05) is 12.1 Å². The van der Waals surface area contributed by atoms with E-state index in [1.165, 1.54) is 12.1 Å². The maximum absolute atomic E-state index is 13.0. The second-order valence-electron chi connectivity index (χ2n) is 8.18. The summed E-state index contributed by atoms with van der Waals surface area (Å²) in [5.74, 6) is 0.289. The van der Waals surface area contributed by atoms with E-state index in [1.54, 1.807) is 48.9 Å². The lowest BCUT2D eigenvalue weighted by atomic mass is 10.1. The molecule has 8 nitrogen and oxygen atoms in total. The van der Waals surface area contributed by atoms with E-state index in [-0.39, 0.29) is 11.3 Å². The van der Waals surface area contributed by atoms with Gasteiger partial charge in [-0.25, -0.2) is 4.98 Å². The molecule has 5 aromatic rings. The Morgan fingerprint density at radius 3 is 2.51 bits per heavy atom. The molecule has 37 heavy (non-hydrogen) atoms. The Morgan fingerprint density at radius 1 is 0.919 bits per heavy atom. The number of hydrogen-bond donors (Lipinski definition) is 4. The zero-order valence-corrected chi connectivity index (χ0v) is 19.4. The number of carbonyl (C=O) groups is 1. The van der Waals surface area contributed by atoms with Crippen LogP contribution in [0.3, 0.4) is 0 Å². The fourth-order valence-corrected chi connectivity index (χ4v) is 3.66. The predicted octanol–water partition coefficient (Wildman–Crippen LogP) is 6.42. The van der Waals surface area contributed by atoms with Crippen molar-refractivity contribution in [1.29, 1.82) is 0 Å². The Hall–Kier alpha value is -4.93. The fourth-order valence-electron chi connectivity index (χ4n) is 3.66. The number of H-pyrrole nitrogens is 1. The van der Waals surface area contributed by atoms with Crippen molar-refractivity contribution in [3.05, 3.63) is 95.9 Å². The van der Waals surface area contributed by atoms with Gasteiger partial charge in [-0.15, -0.1) is 0 Å². The van der Waals surface area contributed by atoms with Gasteiger partial charge in [-0.05, 0) is 61.0 Å². The lowest BCUT2D eigenvalue weighted by molar-refractivity contribution is -0.137. The molecule has 11 heteroatoms. The van der Waals surface area contributed by atoms with Crippen LogP contribution < -0.4 is 16.0 Å². The van der Waals surface area contributed by atoms with Crippen molar-refractivity contribution in [2.75, 3.05) is 16.0 Å². The van der Waals surface area contributed by atoms with Crippen molar-refractivity contribution in [3.63, 3.8) is 0 Å². The highest BCUT2D eigenvalue weighted by Crippen LogP contribution is 2.31. The molecule has 186 valence electrons. The average Bonchev–Trinajstić information content (AvgIpc) is 3.35. The molecule has 0 saturated heterocycles. The molecular formula is C26H20F3N7O. The molecule has 5 rings (SSSR count). The van der Waals surface area contributed by atoms with E-state index in [0.717, 1.165) is 23.4 Å². The number of aromatic amines is 1. The number of nitrogens with zero attached hydrogens (tertiary/aromatic N) is 3. The highest BCUT2D eigenvalue weighted by Gasteiger charge is 2.30. The van der Waals surface area contributed by atoms with Gasteiger partial charge in [-0.2, -0.15) is 18.2 Å². The first kappa shape index (κ1) is 23.8. The van der Waals surface area contributed by atoms with Gasteiger partial charge >= 0.3 is 6.18 Å². The van der Waals surface area contributed by atoms with E-state index in [4.69, 9.17) is 0 Å². The van der Waals surface area contributed by atoms with Crippen LogP contribution in [0, 0.1) is 6.92 Å². The van der Waals surface area contributed by atoms with Gasteiger partial charge in [0, 0.05) is 41.2 Å². The molecule has 0 fully saturated rings. The number of halogens is 3. The van der Waals surface area contributed by atoms with E-state index in [9.17, 15) is 18.0 Å². The highest BCUT2D eigenvalue weighted by molar-refractivity contribution is 6.05. The number of rotatable bonds is 6. The summed E-state index contributed by atoms with van der Waals surface area (Å²) >= 11 is 0. The van der Waals surface area contributed by atoms with E-state index in [0.29, 0.717) is 28.5 Å². The fraction of sp³-hybridized carbons (Fsp3) is 0.0769. The molecule has 0 aliphatic carbocycles. The number of anilines is 5. The third-order valence-electron chi connectivity index (χ3n) is 5.54. The van der Waals surface area contributed by atoms with Crippen LogP contribution in [0.15, 0.2) is 79.3 Å². The predicted molar refractivity (Wildman–Crippen MR) is 135 cm³/mol. The van der Waals surface area contributed by atoms with Crippen molar-refractivity contribution in [2.45, 2.75) is 13.1 Å². The Morgan fingerprint density at radius 2 is 1.73 bits per heavy atom. The molecule has 2 aromatic carbocycles. The first-order chi connectivity index (χ1) is 17.8. The monoisotopic (exact) mass is 503 g/mol. The average molecular weight is 503 g/mol. The standard InChI is InChI=1S/C26H20F3N7O/c1-15-5-6-16(24(37)32-19-4-2-3-17(14-19)26(27,28)29)13-21(15)34-23-22-20(9-12-31-22)35-25(36-23)33-18-7-10-30-11-8-18/h2-14,31H,1H3,(H,32,37)(H2,30,33,34,35,36). The van der Waals surface area contributed by atoms with Crippen LogP contribution >= 0.6 is 0 Å². The molecule has 0 bridgehead atoms. The number of fused-ring (bicyclic) bond motifs is 1. The third-order valence-corrected chi connectivity index (χ3v) is 5.54. The number of amides is 1. The van der Waals surface area contributed by atoms with Gasteiger partial charge < -0.3 is 20.9 Å². The zero-order valence-electron chi connectivity index (χ0n) is 19.4. The smallest absolute Gasteiger partial charge is 0.357 e. The Labute approximate surface area is 209 Å². The SMILES string of the molecule is Cc1ccc(C(=O)Nc2cccc(C(F)(F)F)c2)cc1Nc1nc(Nc2ccncc2)nc2cc[nH]c12. The summed E-state index contributed by atoms with van der Waals surface area (Å²) in [5.41, 5.74) is 3.00. The van der Waals surface area contributed by atoms with Crippen molar-refractivity contribution < 1.29 is 18.0 Å². The van der Waals surface area contributed by atoms with E-state index in [1.807, 2.05) is 13.0 Å². The molecule has 0 radical (unpaired) electrons. The van der Waals surface area contributed by atoms with E-state index in [2.05, 4.69) is 35.9 Å². The minimum absolute atomic E-state index is 0.0469. The maximum atomic E-state index is 13.0. The first-order valence-electron chi connectivity index (χ1n) is 11.1. The van der Waals surface area contributed by atoms with Gasteiger partial charge in [0.25, 0.3) is 5.91 Å². The van der Waals surface area contributed by atoms with Crippen LogP contribution in [-0.2, 0) is 6.18 Å². The van der Waals surface area contributed by atoms with Crippen LogP contribution in [0.5, 0.6) is 0 Å². The summed E-state index contributed by atoms with van der Waals surface area (Å²) in [6.45, 7) is 1.86. The van der Waals surface area contributed by atoms with Crippen molar-refractivity contribution >= 4 is 45.8 Å². The van der Waals surface area contributed by atoms with Crippen LogP contribution in [0.2, 0.25) is 0 Å². The number of carbonyl (C=O) groups excluding carboxylic acids is 1. The summed E-state index contributed by atoms with van der Waals surface area (Å²) in [4.78, 5) is 29.1. The number of hydrogen-bond acceptors (Lipinski definition) is 6. The number of pyridine rings is 1. The number of benzene rings is 2. The number of nitrogens with one attached hydrogen (secondary N) is 4. The zero-order chi connectivity index (χ0) is 26.0. The largest absolute Gasteiger partial charge is 0.416 e. The number of aromatic nitrogens is 4.